The number of sulfone groups is 1. The maximum atomic E-state index is 12.3. The van der Waals surface area contributed by atoms with E-state index < -0.39 is 9.84 Å². The van der Waals surface area contributed by atoms with Crippen LogP contribution in [0.3, 0.4) is 0 Å². The van der Waals surface area contributed by atoms with Gasteiger partial charge in [0.05, 0.1) is 23.8 Å². The fraction of sp³-hybridized carbons (Fsp3) is 0.471. The van der Waals surface area contributed by atoms with Gasteiger partial charge in [0.25, 0.3) is 0 Å². The van der Waals surface area contributed by atoms with Crippen molar-refractivity contribution < 1.29 is 17.6 Å². The molecule has 124 valence electrons. The topological polar surface area (TPSA) is 69.4 Å². The summed E-state index contributed by atoms with van der Waals surface area (Å²) in [5.74, 6) is 0.638. The first-order valence-electron chi connectivity index (χ1n) is 7.73. The zero-order valence-corrected chi connectivity index (χ0v) is 14.2. The van der Waals surface area contributed by atoms with E-state index in [4.69, 9.17) is 9.15 Å². The van der Waals surface area contributed by atoms with Crippen molar-refractivity contribution in [2.75, 3.05) is 19.0 Å². The molecule has 1 aliphatic rings. The molecule has 1 aromatic heterocycles. The summed E-state index contributed by atoms with van der Waals surface area (Å²) in [6.07, 6.45) is 2.25. The van der Waals surface area contributed by atoms with Crippen LogP contribution in [0.25, 0.3) is 11.5 Å². The first-order valence-corrected chi connectivity index (χ1v) is 9.55. The molecular weight excluding hydrogens is 314 g/mol. The second-order valence-electron chi connectivity index (χ2n) is 6.25. The van der Waals surface area contributed by atoms with Crippen molar-refractivity contribution >= 4 is 9.84 Å². The lowest BCUT2D eigenvalue weighted by atomic mass is 10.1. The van der Waals surface area contributed by atoms with Gasteiger partial charge in [0.1, 0.15) is 6.26 Å². The summed E-state index contributed by atoms with van der Waals surface area (Å²) in [4.78, 5) is 4.35. The standard InChI is InChI=1S/C17H21NO4S/c1-12-3-4-16(13(2)7-12)17-18-15(9-22-17)11-23(19,20)10-14-5-6-21-8-14/h3-4,7,9,14H,5-6,8,10-11H2,1-2H3/t14-/m1/s1. The predicted octanol–water partition coefficient (Wildman–Crippen LogP) is 2.91. The van der Waals surface area contributed by atoms with Gasteiger partial charge in [-0.3, -0.25) is 0 Å². The molecule has 0 saturated carbocycles. The van der Waals surface area contributed by atoms with Gasteiger partial charge in [-0.1, -0.05) is 17.7 Å². The molecule has 5 nitrogen and oxygen atoms in total. The van der Waals surface area contributed by atoms with Gasteiger partial charge in [-0.15, -0.1) is 0 Å². The van der Waals surface area contributed by atoms with Crippen molar-refractivity contribution in [2.24, 2.45) is 5.92 Å². The smallest absolute Gasteiger partial charge is 0.226 e. The maximum Gasteiger partial charge on any atom is 0.226 e. The molecule has 1 aliphatic heterocycles. The van der Waals surface area contributed by atoms with Crippen LogP contribution in [0.1, 0.15) is 23.2 Å². The molecule has 0 unspecified atom stereocenters. The highest BCUT2D eigenvalue weighted by molar-refractivity contribution is 7.90. The van der Waals surface area contributed by atoms with Gasteiger partial charge in [0.2, 0.25) is 5.89 Å². The van der Waals surface area contributed by atoms with Gasteiger partial charge in [-0.2, -0.15) is 0 Å². The average molecular weight is 335 g/mol. The molecule has 0 spiro atoms. The van der Waals surface area contributed by atoms with Gasteiger partial charge >= 0.3 is 0 Å². The highest BCUT2D eigenvalue weighted by Gasteiger charge is 2.24. The Kier molecular flexibility index (Phi) is 4.55. The number of benzene rings is 1. The lowest BCUT2D eigenvalue weighted by Gasteiger charge is -2.07. The summed E-state index contributed by atoms with van der Waals surface area (Å²) in [6.45, 7) is 5.20. The molecular formula is C17H21NO4S. The Morgan fingerprint density at radius 1 is 1.30 bits per heavy atom. The Hall–Kier alpha value is -1.66. The average Bonchev–Trinajstić information content (AvgIpc) is 3.10. The van der Waals surface area contributed by atoms with Gasteiger partial charge in [0, 0.05) is 12.2 Å². The number of nitrogens with zero attached hydrogens (tertiary/aromatic N) is 1. The van der Waals surface area contributed by atoms with Crippen molar-refractivity contribution in [3.8, 4) is 11.5 Å². The third-order valence-electron chi connectivity index (χ3n) is 4.05. The highest BCUT2D eigenvalue weighted by Crippen LogP contribution is 2.24. The van der Waals surface area contributed by atoms with Crippen LogP contribution in [0.5, 0.6) is 0 Å². The maximum absolute atomic E-state index is 12.3. The van der Waals surface area contributed by atoms with Crippen LogP contribution in [-0.2, 0) is 20.3 Å². The Morgan fingerprint density at radius 3 is 2.83 bits per heavy atom. The summed E-state index contributed by atoms with van der Waals surface area (Å²) in [5.41, 5.74) is 3.58. The highest BCUT2D eigenvalue weighted by atomic mass is 32.2. The van der Waals surface area contributed by atoms with Crippen molar-refractivity contribution in [1.82, 2.24) is 4.98 Å². The lowest BCUT2D eigenvalue weighted by molar-refractivity contribution is 0.188. The number of aryl methyl sites for hydroxylation is 2. The largest absolute Gasteiger partial charge is 0.444 e. The van der Waals surface area contributed by atoms with Gasteiger partial charge in [0.15, 0.2) is 9.84 Å². The number of rotatable bonds is 5. The minimum Gasteiger partial charge on any atom is -0.444 e. The first kappa shape index (κ1) is 16.2. The van der Waals surface area contributed by atoms with E-state index in [1.165, 1.54) is 11.8 Å². The van der Waals surface area contributed by atoms with E-state index in [2.05, 4.69) is 11.1 Å². The van der Waals surface area contributed by atoms with Crippen LogP contribution in [-0.4, -0.2) is 32.4 Å². The van der Waals surface area contributed by atoms with E-state index in [0.717, 1.165) is 17.5 Å². The quantitative estimate of drug-likeness (QED) is 0.840. The summed E-state index contributed by atoms with van der Waals surface area (Å²) in [5, 5.41) is 0. The molecule has 23 heavy (non-hydrogen) atoms. The Balaban J connectivity index is 1.74. The number of aromatic nitrogens is 1. The monoisotopic (exact) mass is 335 g/mol. The molecule has 1 fully saturated rings. The van der Waals surface area contributed by atoms with E-state index in [1.54, 1.807) is 0 Å². The Bertz CT molecular complexity index is 789. The van der Waals surface area contributed by atoms with Crippen LogP contribution < -0.4 is 0 Å². The molecule has 1 aromatic carbocycles. The third-order valence-corrected chi connectivity index (χ3v) is 5.76. The van der Waals surface area contributed by atoms with E-state index in [9.17, 15) is 8.42 Å². The molecule has 0 aliphatic carbocycles. The second kappa shape index (κ2) is 6.45. The SMILES string of the molecule is Cc1ccc(-c2nc(CS(=O)(=O)C[C@@H]3CCOC3)co2)c(C)c1. The van der Waals surface area contributed by atoms with Crippen molar-refractivity contribution in [3.05, 3.63) is 41.3 Å². The van der Waals surface area contributed by atoms with Gasteiger partial charge < -0.3 is 9.15 Å². The normalized spacial score (nSPS) is 18.4. The minimum atomic E-state index is -3.21. The Labute approximate surface area is 136 Å². The van der Waals surface area contributed by atoms with E-state index in [0.29, 0.717) is 24.8 Å². The van der Waals surface area contributed by atoms with Crippen molar-refractivity contribution in [3.63, 3.8) is 0 Å². The molecule has 3 rings (SSSR count). The number of hydrogen-bond donors (Lipinski definition) is 0. The van der Waals surface area contributed by atoms with E-state index in [1.807, 2.05) is 26.0 Å². The van der Waals surface area contributed by atoms with E-state index >= 15 is 0 Å². The summed E-state index contributed by atoms with van der Waals surface area (Å²) >= 11 is 0. The Morgan fingerprint density at radius 2 is 2.13 bits per heavy atom. The van der Waals surface area contributed by atoms with Gasteiger partial charge in [-0.05, 0) is 37.8 Å². The summed E-state index contributed by atoms with van der Waals surface area (Å²) < 4.78 is 35.3. The third kappa shape index (κ3) is 4.00. The minimum absolute atomic E-state index is 0.0854. The lowest BCUT2D eigenvalue weighted by Crippen LogP contribution is -2.18. The van der Waals surface area contributed by atoms with Crippen LogP contribution in [0, 0.1) is 19.8 Å². The fourth-order valence-corrected chi connectivity index (χ4v) is 4.59. The van der Waals surface area contributed by atoms with Crippen LogP contribution in [0.2, 0.25) is 0 Å². The van der Waals surface area contributed by atoms with Crippen molar-refractivity contribution in [1.29, 1.82) is 0 Å². The zero-order valence-electron chi connectivity index (χ0n) is 13.4. The zero-order chi connectivity index (χ0) is 16.4. The molecule has 0 bridgehead atoms. The molecule has 1 saturated heterocycles. The summed E-state index contributed by atoms with van der Waals surface area (Å²) in [7, 11) is -3.21. The number of hydrogen-bond acceptors (Lipinski definition) is 5. The molecule has 0 N–H and O–H groups in total. The molecule has 0 amide bonds. The molecule has 0 radical (unpaired) electrons. The molecule has 2 aromatic rings. The van der Waals surface area contributed by atoms with Crippen LogP contribution in [0.15, 0.2) is 28.9 Å². The summed E-state index contributed by atoms with van der Waals surface area (Å²) in [6, 6.07) is 5.99. The fourth-order valence-electron chi connectivity index (χ4n) is 2.91. The predicted molar refractivity (Wildman–Crippen MR) is 87.8 cm³/mol. The molecule has 1 atom stereocenters. The first-order chi connectivity index (χ1) is 10.9. The second-order valence-corrected chi connectivity index (χ2v) is 8.36. The molecule has 2 heterocycles. The van der Waals surface area contributed by atoms with Crippen LogP contribution in [0.4, 0.5) is 0 Å². The van der Waals surface area contributed by atoms with Crippen molar-refractivity contribution in [2.45, 2.75) is 26.0 Å². The van der Waals surface area contributed by atoms with Crippen LogP contribution >= 0.6 is 0 Å². The van der Waals surface area contributed by atoms with E-state index in [-0.39, 0.29) is 17.4 Å². The number of oxazole rings is 1. The number of ether oxygens (including phenoxy) is 1. The molecule has 6 heteroatoms. The van der Waals surface area contributed by atoms with Gasteiger partial charge in [-0.25, -0.2) is 13.4 Å².